The van der Waals surface area contributed by atoms with Crippen LogP contribution in [0.1, 0.15) is 17.8 Å². The molecule has 7 aromatic carbocycles. The molecule has 0 unspecified atom stereocenters. The molecule has 1 heteroatoms. The Balaban J connectivity index is 1.59. The highest BCUT2D eigenvalue weighted by Gasteiger charge is 2.17. The summed E-state index contributed by atoms with van der Waals surface area (Å²) in [5, 5.41) is 1.13. The predicted octanol–water partition coefficient (Wildman–Crippen LogP) is 10.9. The average Bonchev–Trinajstić information content (AvgIpc) is 3.46. The van der Waals surface area contributed by atoms with E-state index in [1.807, 2.05) is 54.6 Å². The summed E-state index contributed by atoms with van der Waals surface area (Å²) < 4.78 is 120. The summed E-state index contributed by atoms with van der Waals surface area (Å²) in [6.07, 6.45) is -0.644. The van der Waals surface area contributed by atoms with Gasteiger partial charge in [-0.2, -0.15) is 0 Å². The van der Waals surface area contributed by atoms with E-state index in [0.717, 1.165) is 21.9 Å². The minimum absolute atomic E-state index is 0.0994. The fourth-order valence-corrected chi connectivity index (χ4v) is 5.26. The molecule has 0 aliphatic heterocycles. The lowest BCUT2D eigenvalue weighted by atomic mass is 9.85. The maximum absolute atomic E-state index is 9.17. The highest BCUT2D eigenvalue weighted by molar-refractivity contribution is 6.21. The third kappa shape index (κ3) is 3.48. The monoisotopic (exact) mass is 509 g/mol. The summed E-state index contributed by atoms with van der Waals surface area (Å²) in [5.74, 6) is 0. The first-order chi connectivity index (χ1) is 24.8. The Labute approximate surface area is 244 Å². The molecule has 0 aliphatic carbocycles. The summed E-state index contributed by atoms with van der Waals surface area (Å²) in [4.78, 5) is 0. The van der Waals surface area contributed by atoms with Crippen LogP contribution in [-0.4, -0.2) is 0 Å². The fraction of sp³-hybridized carbons (Fsp3) is 0. The average molecular weight is 510 g/mol. The molecule has 1 aromatic heterocycles. The number of hydrogen-bond donors (Lipinski definition) is 0. The molecule has 0 radical (unpaired) electrons. The van der Waals surface area contributed by atoms with Gasteiger partial charge in [0.05, 0.1) is 22.7 Å². The Morgan fingerprint density at radius 3 is 1.79 bits per heavy atom. The van der Waals surface area contributed by atoms with E-state index in [0.29, 0.717) is 5.56 Å². The second-order valence-corrected chi connectivity index (χ2v) is 9.14. The molecule has 8 aromatic rings. The van der Waals surface area contributed by atoms with Crippen molar-refractivity contribution in [3.63, 3.8) is 0 Å². The van der Waals surface area contributed by atoms with Crippen molar-refractivity contribution < 1.29 is 22.2 Å². The first-order valence-corrected chi connectivity index (χ1v) is 12.3. The van der Waals surface area contributed by atoms with E-state index in [1.54, 1.807) is 12.1 Å². The molecule has 0 bridgehead atoms. The van der Waals surface area contributed by atoms with Crippen LogP contribution in [0.15, 0.2) is 150 Å². The van der Waals surface area contributed by atoms with Gasteiger partial charge in [-0.3, -0.25) is 0 Å². The van der Waals surface area contributed by atoms with Gasteiger partial charge in [-0.25, -0.2) is 0 Å². The van der Waals surface area contributed by atoms with Gasteiger partial charge >= 0.3 is 0 Å². The normalized spacial score (nSPS) is 16.3. The van der Waals surface area contributed by atoms with Crippen LogP contribution in [0.5, 0.6) is 0 Å². The van der Waals surface area contributed by atoms with E-state index in [4.69, 9.17) is 22.2 Å². The lowest BCUT2D eigenvalue weighted by molar-refractivity contribution is 0.616. The molecule has 0 amide bonds. The van der Waals surface area contributed by atoms with Crippen LogP contribution in [0.3, 0.4) is 0 Å². The smallest absolute Gasteiger partial charge is 0.134 e. The second-order valence-electron chi connectivity index (χ2n) is 9.14. The fourth-order valence-electron chi connectivity index (χ4n) is 5.26. The summed E-state index contributed by atoms with van der Waals surface area (Å²) in [5.41, 5.74) is 1.22. The lowest BCUT2D eigenvalue weighted by Gasteiger charge is -2.18. The van der Waals surface area contributed by atoms with Crippen molar-refractivity contribution in [2.45, 2.75) is 0 Å². The number of benzene rings is 7. The predicted molar refractivity (Wildman–Crippen MR) is 165 cm³/mol. The second kappa shape index (κ2) is 8.72. The number of rotatable bonds is 3. The van der Waals surface area contributed by atoms with Gasteiger partial charge in [0.15, 0.2) is 0 Å². The molecule has 39 heavy (non-hydrogen) atoms. The van der Waals surface area contributed by atoms with Crippen LogP contribution in [0.4, 0.5) is 0 Å². The van der Waals surface area contributed by atoms with E-state index >= 15 is 0 Å². The Bertz CT molecular complexity index is 2790. The van der Waals surface area contributed by atoms with Crippen LogP contribution >= 0.6 is 0 Å². The van der Waals surface area contributed by atoms with E-state index in [9.17, 15) is 0 Å². The zero-order valence-electron chi connectivity index (χ0n) is 33.3. The van der Waals surface area contributed by atoms with Crippen molar-refractivity contribution in [1.82, 2.24) is 0 Å². The van der Waals surface area contributed by atoms with E-state index in [1.165, 1.54) is 0 Å². The highest BCUT2D eigenvalue weighted by Crippen LogP contribution is 2.44. The lowest BCUT2D eigenvalue weighted by Crippen LogP contribution is -1.91. The first-order valence-electron chi connectivity index (χ1n) is 18.8. The van der Waals surface area contributed by atoms with Gasteiger partial charge in [-0.05, 0) is 77.8 Å². The molecular formula is C38H24O. The zero-order chi connectivity index (χ0) is 37.1. The molecule has 0 saturated carbocycles. The topological polar surface area (TPSA) is 13.1 Å². The van der Waals surface area contributed by atoms with Gasteiger partial charge in [0.1, 0.15) is 6.95 Å². The van der Waals surface area contributed by atoms with Crippen molar-refractivity contribution in [2.24, 2.45) is 0 Å². The van der Waals surface area contributed by atoms with Crippen molar-refractivity contribution in [3.05, 3.63) is 145 Å². The Hall–Kier alpha value is -5.14. The van der Waals surface area contributed by atoms with Gasteiger partial charge in [-0.1, -0.05) is 127 Å². The standard InChI is InChI=1S/C38H24O/c1-2-10-30-25(8-1)9-7-15-31(30)26-16-19-28(20-17-26)37-32-11-3-5-13-34(32)38(35-14-6-4-12-33(35)37)29-21-18-27-22-23-39-36(27)24-29/h1-24H/i3D,4D,5D,6D,11D,12D,13D,14D,18D,21D,22D,23D,24D. The van der Waals surface area contributed by atoms with Gasteiger partial charge in [-0.15, -0.1) is 0 Å². The Morgan fingerprint density at radius 2 is 1.08 bits per heavy atom. The number of furan rings is 1. The maximum atomic E-state index is 9.17. The van der Waals surface area contributed by atoms with Crippen molar-refractivity contribution in [2.75, 3.05) is 0 Å². The molecule has 0 fully saturated rings. The summed E-state index contributed by atoms with van der Waals surface area (Å²) >= 11 is 0. The molecule has 0 aliphatic rings. The summed E-state index contributed by atoms with van der Waals surface area (Å²) in [6.45, 7) is 0. The minimum Gasteiger partial charge on any atom is -0.464 e. The summed E-state index contributed by atoms with van der Waals surface area (Å²) in [7, 11) is 0. The van der Waals surface area contributed by atoms with Crippen LogP contribution < -0.4 is 0 Å². The van der Waals surface area contributed by atoms with Crippen LogP contribution in [-0.2, 0) is 0 Å². The zero-order valence-corrected chi connectivity index (χ0v) is 20.3. The first kappa shape index (κ1) is 12.6. The molecule has 1 nitrogen and oxygen atoms in total. The van der Waals surface area contributed by atoms with Crippen LogP contribution in [0.25, 0.3) is 76.7 Å². The third-order valence-corrected chi connectivity index (χ3v) is 7.01. The molecular weight excluding hydrogens is 472 g/mol. The molecule has 0 atom stereocenters. The van der Waals surface area contributed by atoms with Gasteiger partial charge < -0.3 is 4.42 Å². The third-order valence-electron chi connectivity index (χ3n) is 7.01. The molecule has 0 spiro atoms. The van der Waals surface area contributed by atoms with Crippen molar-refractivity contribution in [3.8, 4) is 33.4 Å². The molecule has 1 heterocycles. The molecule has 8 rings (SSSR count). The Kier molecular flexibility index (Phi) is 2.82. The number of hydrogen-bond acceptors (Lipinski definition) is 1. The van der Waals surface area contributed by atoms with Gasteiger partial charge in [0.25, 0.3) is 0 Å². The van der Waals surface area contributed by atoms with E-state index in [-0.39, 0.29) is 43.6 Å². The SMILES string of the molecule is [2H]c1oc2c([2H])c(-c3c4c([2H])c([2H])c([2H])c([2H])c4c(-c4ccc(-c5cccc6ccccc56)cc4)c4c([2H])c([2H])c([2H])c([2H])c34)c([2H])c([2H])c2c1[2H]. The van der Waals surface area contributed by atoms with Gasteiger partial charge in [0, 0.05) is 5.39 Å². The quantitative estimate of drug-likeness (QED) is 0.216. The highest BCUT2D eigenvalue weighted by atomic mass is 16.3. The van der Waals surface area contributed by atoms with Crippen LogP contribution in [0, 0.1) is 0 Å². The maximum Gasteiger partial charge on any atom is 0.134 e. The minimum atomic E-state index is -0.652. The Morgan fingerprint density at radius 1 is 0.462 bits per heavy atom. The van der Waals surface area contributed by atoms with Crippen molar-refractivity contribution in [1.29, 1.82) is 0 Å². The molecule has 0 N–H and O–H groups in total. The van der Waals surface area contributed by atoms with Gasteiger partial charge in [0.2, 0.25) is 0 Å². The summed E-state index contributed by atoms with van der Waals surface area (Å²) in [6, 6.07) is 13.9. The number of fused-ring (bicyclic) bond motifs is 4. The molecule has 182 valence electrons. The largest absolute Gasteiger partial charge is 0.464 e. The van der Waals surface area contributed by atoms with Crippen molar-refractivity contribution >= 4 is 43.3 Å². The molecule has 0 saturated heterocycles. The van der Waals surface area contributed by atoms with E-state index < -0.39 is 84.3 Å². The van der Waals surface area contributed by atoms with E-state index in [2.05, 4.69) is 0 Å². The van der Waals surface area contributed by atoms with Crippen LogP contribution in [0.2, 0.25) is 0 Å².